The van der Waals surface area contributed by atoms with Gasteiger partial charge in [-0.2, -0.15) is 5.10 Å². The van der Waals surface area contributed by atoms with Crippen LogP contribution in [0.3, 0.4) is 0 Å². The third kappa shape index (κ3) is 3.96. The molecule has 0 bridgehead atoms. The standard InChI is InChI=1S/C19H25N3O2/c1-14-11-18(21-20-14)19(23)22-10-4-6-16(13-22)9-8-15-5-3-7-17(12-15)24-2/h3,5,7,11-12,16H,4,6,8-10,13H2,1-2H3,(H,20,21). The largest absolute Gasteiger partial charge is 0.497 e. The fraction of sp³-hybridized carbons (Fsp3) is 0.474. The van der Waals surface area contributed by atoms with Crippen molar-refractivity contribution in [1.82, 2.24) is 15.1 Å². The molecule has 0 radical (unpaired) electrons. The summed E-state index contributed by atoms with van der Waals surface area (Å²) < 4.78 is 5.28. The van der Waals surface area contributed by atoms with Crippen LogP contribution in [0.25, 0.3) is 0 Å². The van der Waals surface area contributed by atoms with Gasteiger partial charge < -0.3 is 9.64 Å². The summed E-state index contributed by atoms with van der Waals surface area (Å²) in [5, 5.41) is 6.95. The summed E-state index contributed by atoms with van der Waals surface area (Å²) in [6.45, 7) is 3.58. The van der Waals surface area contributed by atoms with Gasteiger partial charge >= 0.3 is 0 Å². The van der Waals surface area contributed by atoms with Crippen molar-refractivity contribution in [3.8, 4) is 5.75 Å². The molecule has 2 heterocycles. The number of aromatic nitrogens is 2. The van der Waals surface area contributed by atoms with Crippen LogP contribution in [0.15, 0.2) is 30.3 Å². The van der Waals surface area contributed by atoms with Crippen LogP contribution in [0.1, 0.15) is 41.0 Å². The summed E-state index contributed by atoms with van der Waals surface area (Å²) in [5.41, 5.74) is 2.74. The predicted octanol–water partition coefficient (Wildman–Crippen LogP) is 3.21. The Bertz CT molecular complexity index is 695. The summed E-state index contributed by atoms with van der Waals surface area (Å²) in [7, 11) is 1.69. The number of nitrogens with zero attached hydrogens (tertiary/aromatic N) is 2. The topological polar surface area (TPSA) is 58.2 Å². The number of carbonyl (C=O) groups is 1. The molecule has 1 fully saturated rings. The Kier molecular flexibility index (Phi) is 5.18. The fourth-order valence-electron chi connectivity index (χ4n) is 3.37. The molecule has 5 nitrogen and oxygen atoms in total. The number of carbonyl (C=O) groups excluding carboxylic acids is 1. The normalized spacial score (nSPS) is 17.8. The third-order valence-electron chi connectivity index (χ3n) is 4.71. The quantitative estimate of drug-likeness (QED) is 0.917. The van der Waals surface area contributed by atoms with Gasteiger partial charge in [0, 0.05) is 18.8 Å². The number of benzene rings is 1. The molecule has 2 aromatic rings. The minimum atomic E-state index is 0.0467. The van der Waals surface area contributed by atoms with Crippen LogP contribution in [0.5, 0.6) is 5.75 Å². The van der Waals surface area contributed by atoms with E-state index in [0.29, 0.717) is 11.6 Å². The molecule has 1 aliphatic rings. The molecule has 24 heavy (non-hydrogen) atoms. The van der Waals surface area contributed by atoms with Gasteiger partial charge in [-0.05, 0) is 62.3 Å². The van der Waals surface area contributed by atoms with E-state index in [1.165, 1.54) is 12.0 Å². The molecule has 1 aromatic carbocycles. The molecule has 1 aromatic heterocycles. The second-order valence-electron chi connectivity index (χ2n) is 6.59. The molecule has 3 rings (SSSR count). The molecule has 128 valence electrons. The lowest BCUT2D eigenvalue weighted by atomic mass is 9.91. The average Bonchev–Trinajstić information content (AvgIpc) is 3.06. The maximum absolute atomic E-state index is 12.5. The highest BCUT2D eigenvalue weighted by Crippen LogP contribution is 2.23. The molecular formula is C19H25N3O2. The number of rotatable bonds is 5. The monoisotopic (exact) mass is 327 g/mol. The summed E-state index contributed by atoms with van der Waals surface area (Å²) in [5.74, 6) is 1.50. The first kappa shape index (κ1) is 16.6. The van der Waals surface area contributed by atoms with Gasteiger partial charge in [0.25, 0.3) is 5.91 Å². The van der Waals surface area contributed by atoms with Gasteiger partial charge in [0.15, 0.2) is 0 Å². The minimum Gasteiger partial charge on any atom is -0.497 e. The van der Waals surface area contributed by atoms with Crippen LogP contribution in [-0.2, 0) is 6.42 Å². The number of likely N-dealkylation sites (tertiary alicyclic amines) is 1. The summed E-state index contributed by atoms with van der Waals surface area (Å²) >= 11 is 0. The van der Waals surface area contributed by atoms with Gasteiger partial charge in [-0.3, -0.25) is 9.89 Å². The lowest BCUT2D eigenvalue weighted by molar-refractivity contribution is 0.0662. The molecule has 0 spiro atoms. The Morgan fingerprint density at radius 1 is 1.42 bits per heavy atom. The van der Waals surface area contributed by atoms with E-state index in [-0.39, 0.29) is 5.91 Å². The maximum atomic E-state index is 12.5. The first-order valence-corrected chi connectivity index (χ1v) is 8.60. The lowest BCUT2D eigenvalue weighted by Crippen LogP contribution is -2.40. The molecule has 1 saturated heterocycles. The molecule has 5 heteroatoms. The number of hydrogen-bond donors (Lipinski definition) is 1. The fourth-order valence-corrected chi connectivity index (χ4v) is 3.37. The van der Waals surface area contributed by atoms with E-state index in [1.54, 1.807) is 7.11 Å². The number of H-pyrrole nitrogens is 1. The van der Waals surface area contributed by atoms with Crippen LogP contribution in [-0.4, -0.2) is 41.2 Å². The van der Waals surface area contributed by atoms with Crippen molar-refractivity contribution in [2.45, 2.75) is 32.6 Å². The van der Waals surface area contributed by atoms with E-state index in [4.69, 9.17) is 4.74 Å². The van der Waals surface area contributed by atoms with Gasteiger partial charge in [-0.25, -0.2) is 0 Å². The van der Waals surface area contributed by atoms with Gasteiger partial charge in [0.05, 0.1) is 7.11 Å². The average molecular weight is 327 g/mol. The molecule has 1 aliphatic heterocycles. The van der Waals surface area contributed by atoms with E-state index in [0.717, 1.165) is 43.8 Å². The Morgan fingerprint density at radius 2 is 2.29 bits per heavy atom. The number of aryl methyl sites for hydroxylation is 2. The zero-order valence-corrected chi connectivity index (χ0v) is 14.4. The second-order valence-corrected chi connectivity index (χ2v) is 6.59. The third-order valence-corrected chi connectivity index (χ3v) is 4.71. The highest BCUT2D eigenvalue weighted by atomic mass is 16.5. The number of ether oxygens (including phenoxy) is 1. The molecule has 0 aliphatic carbocycles. The Morgan fingerprint density at radius 3 is 3.04 bits per heavy atom. The van der Waals surface area contributed by atoms with Crippen molar-refractivity contribution in [2.75, 3.05) is 20.2 Å². The Hall–Kier alpha value is -2.30. The van der Waals surface area contributed by atoms with Crippen LogP contribution in [0.4, 0.5) is 0 Å². The van der Waals surface area contributed by atoms with Gasteiger partial charge in [-0.1, -0.05) is 12.1 Å². The predicted molar refractivity (Wildman–Crippen MR) is 93.3 cm³/mol. The summed E-state index contributed by atoms with van der Waals surface area (Å²) in [6.07, 6.45) is 4.37. The summed E-state index contributed by atoms with van der Waals surface area (Å²) in [4.78, 5) is 14.5. The van der Waals surface area contributed by atoms with Gasteiger partial charge in [-0.15, -0.1) is 0 Å². The van der Waals surface area contributed by atoms with E-state index < -0.39 is 0 Å². The van der Waals surface area contributed by atoms with Crippen molar-refractivity contribution >= 4 is 5.91 Å². The van der Waals surface area contributed by atoms with Gasteiger partial charge in [0.2, 0.25) is 0 Å². The van der Waals surface area contributed by atoms with E-state index in [2.05, 4.69) is 22.3 Å². The van der Waals surface area contributed by atoms with Crippen LogP contribution in [0, 0.1) is 12.8 Å². The molecule has 1 unspecified atom stereocenters. The summed E-state index contributed by atoms with van der Waals surface area (Å²) in [6, 6.07) is 10.1. The highest BCUT2D eigenvalue weighted by molar-refractivity contribution is 5.92. The van der Waals surface area contributed by atoms with E-state index in [9.17, 15) is 4.79 Å². The maximum Gasteiger partial charge on any atom is 0.274 e. The van der Waals surface area contributed by atoms with Crippen LogP contribution < -0.4 is 4.74 Å². The SMILES string of the molecule is COc1cccc(CCC2CCCN(C(=O)c3cc(C)[nH]n3)C2)c1. The molecular weight excluding hydrogens is 302 g/mol. The second kappa shape index (κ2) is 7.51. The number of amides is 1. The lowest BCUT2D eigenvalue weighted by Gasteiger charge is -2.32. The molecule has 1 N–H and O–H groups in total. The minimum absolute atomic E-state index is 0.0467. The van der Waals surface area contributed by atoms with E-state index >= 15 is 0 Å². The number of methoxy groups -OCH3 is 1. The van der Waals surface area contributed by atoms with Crippen molar-refractivity contribution in [3.05, 3.63) is 47.3 Å². The van der Waals surface area contributed by atoms with Crippen molar-refractivity contribution in [3.63, 3.8) is 0 Å². The number of aromatic amines is 1. The van der Waals surface area contributed by atoms with Gasteiger partial charge in [0.1, 0.15) is 11.4 Å². The number of nitrogens with one attached hydrogen (secondary N) is 1. The van der Waals surface area contributed by atoms with Crippen molar-refractivity contribution in [2.24, 2.45) is 5.92 Å². The number of hydrogen-bond acceptors (Lipinski definition) is 3. The van der Waals surface area contributed by atoms with Crippen LogP contribution in [0.2, 0.25) is 0 Å². The van der Waals surface area contributed by atoms with Crippen molar-refractivity contribution < 1.29 is 9.53 Å². The first-order chi connectivity index (χ1) is 11.7. The van der Waals surface area contributed by atoms with E-state index in [1.807, 2.05) is 30.0 Å². The zero-order valence-electron chi connectivity index (χ0n) is 14.4. The smallest absolute Gasteiger partial charge is 0.274 e. The highest BCUT2D eigenvalue weighted by Gasteiger charge is 2.25. The first-order valence-electron chi connectivity index (χ1n) is 8.60. The molecule has 1 atom stereocenters. The Balaban J connectivity index is 1.56. The Labute approximate surface area is 143 Å². The van der Waals surface area contributed by atoms with Crippen LogP contribution >= 0.6 is 0 Å². The zero-order chi connectivity index (χ0) is 16.9. The number of piperidine rings is 1. The molecule has 0 saturated carbocycles. The van der Waals surface area contributed by atoms with Crippen molar-refractivity contribution in [1.29, 1.82) is 0 Å². The molecule has 1 amide bonds.